The topological polar surface area (TPSA) is 91.4 Å². The number of carbonyl (C=O) groups excluding carboxylic acids is 1. The van der Waals surface area contributed by atoms with Gasteiger partial charge in [0.2, 0.25) is 5.91 Å². The van der Waals surface area contributed by atoms with Gasteiger partial charge in [-0.05, 0) is 30.5 Å². The molecule has 1 aromatic heterocycles. The number of carbonyl (C=O) groups is 2. The van der Waals surface area contributed by atoms with Crippen molar-refractivity contribution >= 4 is 22.8 Å². The van der Waals surface area contributed by atoms with Gasteiger partial charge >= 0.3 is 5.97 Å². The largest absolute Gasteiger partial charge is 0.496 e. The summed E-state index contributed by atoms with van der Waals surface area (Å²) >= 11 is 0. The normalized spacial score (nSPS) is 21.0. The fourth-order valence-corrected chi connectivity index (χ4v) is 3.91. The van der Waals surface area contributed by atoms with E-state index < -0.39 is 11.9 Å². The molecule has 0 radical (unpaired) electrons. The number of ether oxygens (including phenoxy) is 1. The van der Waals surface area contributed by atoms with E-state index >= 15 is 0 Å². The average molecular weight is 358 g/mol. The minimum absolute atomic E-state index is 0.145. The molecule has 2 aromatic rings. The van der Waals surface area contributed by atoms with E-state index in [1.807, 2.05) is 24.4 Å². The van der Waals surface area contributed by atoms with Gasteiger partial charge < -0.3 is 20.1 Å². The molecule has 2 unspecified atom stereocenters. The molecule has 1 fully saturated rings. The quantitative estimate of drug-likeness (QED) is 0.765. The molecule has 1 aliphatic rings. The predicted octanol–water partition coefficient (Wildman–Crippen LogP) is 3.26. The number of fused-ring (bicyclic) bond motifs is 1. The van der Waals surface area contributed by atoms with Crippen LogP contribution in [-0.2, 0) is 16.0 Å². The number of H-pyrrole nitrogens is 1. The third-order valence-corrected chi connectivity index (χ3v) is 5.25. The Bertz CT molecular complexity index is 783. The summed E-state index contributed by atoms with van der Waals surface area (Å²) in [5.41, 5.74) is 1.77. The zero-order chi connectivity index (χ0) is 18.5. The van der Waals surface area contributed by atoms with Crippen LogP contribution in [0.5, 0.6) is 5.75 Å². The van der Waals surface area contributed by atoms with Gasteiger partial charge in [-0.2, -0.15) is 0 Å². The summed E-state index contributed by atoms with van der Waals surface area (Å²) in [7, 11) is 1.61. The van der Waals surface area contributed by atoms with Crippen LogP contribution in [0.2, 0.25) is 0 Å². The number of aromatic nitrogens is 1. The molecule has 6 nitrogen and oxygen atoms in total. The van der Waals surface area contributed by atoms with Crippen LogP contribution >= 0.6 is 0 Å². The van der Waals surface area contributed by atoms with E-state index in [-0.39, 0.29) is 18.4 Å². The van der Waals surface area contributed by atoms with E-state index in [0.717, 1.165) is 54.3 Å². The monoisotopic (exact) mass is 358 g/mol. The van der Waals surface area contributed by atoms with Gasteiger partial charge in [-0.3, -0.25) is 9.59 Å². The SMILES string of the molecule is COc1cccc2[nH]cc(CC(=O)NC3CCCCCCC3C(=O)O)c12. The molecule has 2 atom stereocenters. The van der Waals surface area contributed by atoms with Gasteiger partial charge in [0.1, 0.15) is 5.75 Å². The predicted molar refractivity (Wildman–Crippen MR) is 99.3 cm³/mol. The second-order valence-corrected chi connectivity index (χ2v) is 6.98. The van der Waals surface area contributed by atoms with Gasteiger partial charge in [0.05, 0.1) is 19.4 Å². The summed E-state index contributed by atoms with van der Waals surface area (Å²) in [6.45, 7) is 0. The summed E-state index contributed by atoms with van der Waals surface area (Å²) in [5.74, 6) is -0.739. The summed E-state index contributed by atoms with van der Waals surface area (Å²) in [5, 5.41) is 13.4. The number of benzene rings is 1. The summed E-state index contributed by atoms with van der Waals surface area (Å²) in [4.78, 5) is 27.4. The molecule has 3 N–H and O–H groups in total. The van der Waals surface area contributed by atoms with Crippen molar-refractivity contribution in [3.63, 3.8) is 0 Å². The molecule has 140 valence electrons. The second-order valence-electron chi connectivity index (χ2n) is 6.98. The lowest BCUT2D eigenvalue weighted by Gasteiger charge is -2.27. The Labute approximate surface area is 152 Å². The zero-order valence-electron chi connectivity index (χ0n) is 15.1. The van der Waals surface area contributed by atoms with Crippen molar-refractivity contribution in [2.24, 2.45) is 5.92 Å². The van der Waals surface area contributed by atoms with Crippen LogP contribution in [0.25, 0.3) is 10.9 Å². The third-order valence-electron chi connectivity index (χ3n) is 5.25. The van der Waals surface area contributed by atoms with Gasteiger partial charge in [0, 0.05) is 23.1 Å². The Kier molecular flexibility index (Phi) is 5.81. The van der Waals surface area contributed by atoms with Gasteiger partial charge in [-0.25, -0.2) is 0 Å². The maximum Gasteiger partial charge on any atom is 0.308 e. The van der Waals surface area contributed by atoms with Crippen molar-refractivity contribution in [2.75, 3.05) is 7.11 Å². The minimum atomic E-state index is -0.814. The van der Waals surface area contributed by atoms with Crippen LogP contribution in [0, 0.1) is 5.92 Å². The van der Waals surface area contributed by atoms with Crippen molar-refractivity contribution in [3.05, 3.63) is 30.0 Å². The standard InChI is InChI=1S/C20H26N2O4/c1-26-17-10-6-9-16-19(17)13(12-21-16)11-18(23)22-15-8-5-3-2-4-7-14(15)20(24)25/h6,9-10,12,14-15,21H,2-5,7-8,11H2,1H3,(H,22,23)(H,24,25). The molecule has 0 aliphatic heterocycles. The Morgan fingerprint density at radius 2 is 2.00 bits per heavy atom. The Hall–Kier alpha value is -2.50. The number of carboxylic acid groups (broad SMARTS) is 1. The first-order valence-electron chi connectivity index (χ1n) is 9.25. The van der Waals surface area contributed by atoms with Crippen LogP contribution < -0.4 is 10.1 Å². The number of rotatable bonds is 5. The Morgan fingerprint density at radius 3 is 2.73 bits per heavy atom. The lowest BCUT2D eigenvalue weighted by atomic mass is 9.86. The molecule has 0 saturated heterocycles. The first kappa shape index (κ1) is 18.3. The molecule has 1 aliphatic carbocycles. The highest BCUT2D eigenvalue weighted by Crippen LogP contribution is 2.29. The molecule has 1 heterocycles. The molecule has 1 aromatic carbocycles. The number of carboxylic acids is 1. The van der Waals surface area contributed by atoms with E-state index in [9.17, 15) is 14.7 Å². The number of hydrogen-bond acceptors (Lipinski definition) is 3. The smallest absolute Gasteiger partial charge is 0.308 e. The van der Waals surface area contributed by atoms with E-state index in [1.54, 1.807) is 7.11 Å². The summed E-state index contributed by atoms with van der Waals surface area (Å²) in [6.07, 6.45) is 7.39. The van der Waals surface area contributed by atoms with Crippen molar-refractivity contribution in [1.29, 1.82) is 0 Å². The number of nitrogens with one attached hydrogen (secondary N) is 2. The highest BCUT2D eigenvalue weighted by atomic mass is 16.5. The van der Waals surface area contributed by atoms with Crippen LogP contribution in [0.4, 0.5) is 0 Å². The maximum absolute atomic E-state index is 12.6. The van der Waals surface area contributed by atoms with Crippen molar-refractivity contribution in [2.45, 2.75) is 51.0 Å². The van der Waals surface area contributed by atoms with Crippen LogP contribution in [0.15, 0.2) is 24.4 Å². The molecule has 26 heavy (non-hydrogen) atoms. The van der Waals surface area contributed by atoms with Crippen LogP contribution in [0.1, 0.15) is 44.1 Å². The number of methoxy groups -OCH3 is 1. The molecular formula is C20H26N2O4. The lowest BCUT2D eigenvalue weighted by molar-refractivity contribution is -0.143. The van der Waals surface area contributed by atoms with Crippen LogP contribution in [0.3, 0.4) is 0 Å². The first-order chi connectivity index (χ1) is 12.6. The van der Waals surface area contributed by atoms with E-state index in [2.05, 4.69) is 10.3 Å². The zero-order valence-corrected chi connectivity index (χ0v) is 15.1. The first-order valence-corrected chi connectivity index (χ1v) is 9.25. The van der Waals surface area contributed by atoms with Gasteiger partial charge in [0.15, 0.2) is 0 Å². The average Bonchev–Trinajstić information content (AvgIpc) is 3.00. The molecule has 0 spiro atoms. The molecule has 1 amide bonds. The van der Waals surface area contributed by atoms with Crippen LogP contribution in [-0.4, -0.2) is 35.1 Å². The number of aromatic amines is 1. The molecule has 0 bridgehead atoms. The Balaban J connectivity index is 1.74. The molecule has 6 heteroatoms. The maximum atomic E-state index is 12.6. The van der Waals surface area contributed by atoms with Gasteiger partial charge in [0.25, 0.3) is 0 Å². The van der Waals surface area contributed by atoms with Gasteiger partial charge in [-0.15, -0.1) is 0 Å². The van der Waals surface area contributed by atoms with E-state index in [0.29, 0.717) is 6.42 Å². The highest BCUT2D eigenvalue weighted by Gasteiger charge is 2.30. The summed E-state index contributed by atoms with van der Waals surface area (Å²) < 4.78 is 5.41. The fourth-order valence-electron chi connectivity index (χ4n) is 3.91. The third kappa shape index (κ3) is 4.00. The fraction of sp³-hybridized carbons (Fsp3) is 0.500. The second kappa shape index (κ2) is 8.25. The van der Waals surface area contributed by atoms with Crippen molar-refractivity contribution in [3.8, 4) is 5.75 Å². The number of aliphatic carboxylic acids is 1. The van der Waals surface area contributed by atoms with Crippen molar-refractivity contribution in [1.82, 2.24) is 10.3 Å². The number of hydrogen-bond donors (Lipinski definition) is 3. The number of amides is 1. The lowest BCUT2D eigenvalue weighted by Crippen LogP contribution is -2.44. The van der Waals surface area contributed by atoms with Gasteiger partial charge in [-0.1, -0.05) is 31.7 Å². The van der Waals surface area contributed by atoms with Crippen molar-refractivity contribution < 1.29 is 19.4 Å². The highest BCUT2D eigenvalue weighted by molar-refractivity contribution is 5.93. The minimum Gasteiger partial charge on any atom is -0.496 e. The summed E-state index contributed by atoms with van der Waals surface area (Å²) in [6, 6.07) is 5.40. The molecule has 3 rings (SSSR count). The van der Waals surface area contributed by atoms with E-state index in [4.69, 9.17) is 4.74 Å². The Morgan fingerprint density at radius 1 is 1.23 bits per heavy atom. The van der Waals surface area contributed by atoms with E-state index in [1.165, 1.54) is 0 Å². The molecular weight excluding hydrogens is 332 g/mol. The molecule has 1 saturated carbocycles.